The van der Waals surface area contributed by atoms with Gasteiger partial charge in [0.2, 0.25) is 5.91 Å². The van der Waals surface area contributed by atoms with Crippen molar-refractivity contribution in [2.45, 2.75) is 19.4 Å². The second-order valence-electron chi connectivity index (χ2n) is 4.87. The Bertz CT molecular complexity index is 648. The van der Waals surface area contributed by atoms with Crippen molar-refractivity contribution in [3.8, 4) is 5.75 Å². The van der Waals surface area contributed by atoms with E-state index in [0.717, 1.165) is 10.0 Å². The molecule has 0 saturated heterocycles. The first kappa shape index (κ1) is 16.5. The minimum absolute atomic E-state index is 0.0986. The highest BCUT2D eigenvalue weighted by Gasteiger charge is 2.10. The van der Waals surface area contributed by atoms with Gasteiger partial charge in [-0.1, -0.05) is 40.2 Å². The normalized spacial score (nSPS) is 11.8. The fourth-order valence-electron chi connectivity index (χ4n) is 1.99. The molecular formula is C17H17BrFNO2. The minimum atomic E-state index is -0.426. The van der Waals surface area contributed by atoms with Crippen molar-refractivity contribution in [1.82, 2.24) is 5.32 Å². The molecule has 3 nitrogen and oxygen atoms in total. The Morgan fingerprint density at radius 2 is 2.05 bits per heavy atom. The summed E-state index contributed by atoms with van der Waals surface area (Å²) in [6.45, 7) is 2.05. The number of amides is 1. The Hall–Kier alpha value is -1.88. The summed E-state index contributed by atoms with van der Waals surface area (Å²) in [5.74, 6) is -0.399. The number of ether oxygens (including phenoxy) is 1. The van der Waals surface area contributed by atoms with Gasteiger partial charge < -0.3 is 10.1 Å². The number of carbonyl (C=O) groups excluding carboxylic acids is 1. The van der Waals surface area contributed by atoms with E-state index in [1.807, 2.05) is 31.2 Å². The van der Waals surface area contributed by atoms with Crippen LogP contribution >= 0.6 is 15.9 Å². The number of carbonyl (C=O) groups is 1. The zero-order valence-corrected chi connectivity index (χ0v) is 13.8. The molecule has 0 aliphatic rings. The van der Waals surface area contributed by atoms with E-state index in [1.54, 1.807) is 12.1 Å². The van der Waals surface area contributed by atoms with E-state index in [1.165, 1.54) is 12.1 Å². The van der Waals surface area contributed by atoms with E-state index in [2.05, 4.69) is 21.2 Å². The van der Waals surface area contributed by atoms with Crippen LogP contribution in [0.25, 0.3) is 0 Å². The van der Waals surface area contributed by atoms with Crippen LogP contribution in [0.5, 0.6) is 5.75 Å². The molecule has 0 radical (unpaired) electrons. The minimum Gasteiger partial charge on any atom is -0.490 e. The van der Waals surface area contributed by atoms with Gasteiger partial charge in [-0.25, -0.2) is 4.39 Å². The Labute approximate surface area is 137 Å². The summed E-state index contributed by atoms with van der Waals surface area (Å²) in [7, 11) is 0. The lowest BCUT2D eigenvalue weighted by Crippen LogP contribution is -2.27. The lowest BCUT2D eigenvalue weighted by molar-refractivity contribution is -0.122. The van der Waals surface area contributed by atoms with Crippen molar-refractivity contribution in [3.05, 3.63) is 64.4 Å². The first-order valence-corrected chi connectivity index (χ1v) is 7.77. The zero-order valence-electron chi connectivity index (χ0n) is 12.2. The Morgan fingerprint density at radius 3 is 2.77 bits per heavy atom. The van der Waals surface area contributed by atoms with Crippen LogP contribution in [-0.4, -0.2) is 12.5 Å². The molecule has 2 aromatic carbocycles. The predicted octanol–water partition coefficient (Wildman–Crippen LogP) is 4.23. The maximum Gasteiger partial charge on any atom is 0.223 e. The molecule has 0 heterocycles. The van der Waals surface area contributed by atoms with Gasteiger partial charge in [-0.2, -0.15) is 0 Å². The van der Waals surface area contributed by atoms with Crippen LogP contribution in [0.2, 0.25) is 0 Å². The number of benzene rings is 2. The molecule has 0 aromatic heterocycles. The zero-order chi connectivity index (χ0) is 15.9. The van der Waals surface area contributed by atoms with Gasteiger partial charge in [0, 0.05) is 4.47 Å². The third-order valence-electron chi connectivity index (χ3n) is 3.15. The van der Waals surface area contributed by atoms with Gasteiger partial charge in [0.1, 0.15) is 0 Å². The van der Waals surface area contributed by atoms with Crippen molar-refractivity contribution >= 4 is 21.8 Å². The summed E-state index contributed by atoms with van der Waals surface area (Å²) >= 11 is 3.40. The lowest BCUT2D eigenvalue weighted by atomic mass is 10.1. The molecule has 1 atom stereocenters. The van der Waals surface area contributed by atoms with Crippen LogP contribution in [0.3, 0.4) is 0 Å². The van der Waals surface area contributed by atoms with Gasteiger partial charge in [0.15, 0.2) is 11.6 Å². The molecule has 1 amide bonds. The fourth-order valence-corrected chi connectivity index (χ4v) is 2.41. The van der Waals surface area contributed by atoms with Crippen molar-refractivity contribution in [1.29, 1.82) is 0 Å². The average molecular weight is 366 g/mol. The van der Waals surface area contributed by atoms with Gasteiger partial charge >= 0.3 is 0 Å². The Morgan fingerprint density at radius 1 is 1.27 bits per heavy atom. The number of halogens is 2. The molecule has 0 bridgehead atoms. The highest BCUT2D eigenvalue weighted by molar-refractivity contribution is 9.10. The molecular weight excluding hydrogens is 349 g/mol. The van der Waals surface area contributed by atoms with Crippen LogP contribution in [0.1, 0.15) is 24.9 Å². The lowest BCUT2D eigenvalue weighted by Gasteiger charge is -2.15. The third-order valence-corrected chi connectivity index (χ3v) is 3.64. The molecule has 0 spiro atoms. The number of rotatable bonds is 6. The van der Waals surface area contributed by atoms with Crippen LogP contribution < -0.4 is 10.1 Å². The maximum absolute atomic E-state index is 13.4. The number of para-hydroxylation sites is 1. The van der Waals surface area contributed by atoms with E-state index in [9.17, 15) is 9.18 Å². The number of hydrogen-bond acceptors (Lipinski definition) is 2. The van der Waals surface area contributed by atoms with Crippen LogP contribution in [0, 0.1) is 5.82 Å². The largest absolute Gasteiger partial charge is 0.490 e. The molecule has 1 unspecified atom stereocenters. The van der Waals surface area contributed by atoms with Crippen molar-refractivity contribution < 1.29 is 13.9 Å². The maximum atomic E-state index is 13.4. The van der Waals surface area contributed by atoms with Crippen molar-refractivity contribution in [2.75, 3.05) is 6.61 Å². The van der Waals surface area contributed by atoms with Gasteiger partial charge in [-0.3, -0.25) is 4.79 Å². The first-order valence-electron chi connectivity index (χ1n) is 6.98. The molecule has 22 heavy (non-hydrogen) atoms. The molecule has 116 valence electrons. The summed E-state index contributed by atoms with van der Waals surface area (Å²) in [5.41, 5.74) is 1.01. The van der Waals surface area contributed by atoms with E-state index < -0.39 is 5.82 Å². The average Bonchev–Trinajstić information content (AvgIpc) is 2.49. The smallest absolute Gasteiger partial charge is 0.223 e. The summed E-state index contributed by atoms with van der Waals surface area (Å²) in [6, 6.07) is 13.8. The molecule has 0 fully saturated rings. The second kappa shape index (κ2) is 7.94. The first-order chi connectivity index (χ1) is 10.6. The SMILES string of the molecule is CC(NC(=O)CCOc1ccccc1F)c1cccc(Br)c1. The highest BCUT2D eigenvalue weighted by atomic mass is 79.9. The number of hydrogen-bond donors (Lipinski definition) is 1. The summed E-state index contributed by atoms with van der Waals surface area (Å²) in [5, 5.41) is 2.89. The summed E-state index contributed by atoms with van der Waals surface area (Å²) in [6.07, 6.45) is 0.173. The monoisotopic (exact) mass is 365 g/mol. The van der Waals surface area contributed by atoms with Crippen molar-refractivity contribution in [2.24, 2.45) is 0 Å². The molecule has 0 aliphatic carbocycles. The molecule has 2 aromatic rings. The predicted molar refractivity (Wildman–Crippen MR) is 87.2 cm³/mol. The van der Waals surface area contributed by atoms with E-state index >= 15 is 0 Å². The molecule has 0 saturated carbocycles. The molecule has 2 rings (SSSR count). The standard InChI is InChI=1S/C17H17BrFNO2/c1-12(13-5-4-6-14(18)11-13)20-17(21)9-10-22-16-8-3-2-7-15(16)19/h2-8,11-12H,9-10H2,1H3,(H,20,21). The molecule has 1 N–H and O–H groups in total. The fraction of sp³-hybridized carbons (Fsp3) is 0.235. The second-order valence-corrected chi connectivity index (χ2v) is 5.79. The van der Waals surface area contributed by atoms with E-state index in [0.29, 0.717) is 0 Å². The van der Waals surface area contributed by atoms with Gasteiger partial charge in [-0.05, 0) is 36.8 Å². The quantitative estimate of drug-likeness (QED) is 0.831. The summed E-state index contributed by atoms with van der Waals surface area (Å²) in [4.78, 5) is 11.9. The number of nitrogens with one attached hydrogen (secondary N) is 1. The highest BCUT2D eigenvalue weighted by Crippen LogP contribution is 2.18. The van der Waals surface area contributed by atoms with Gasteiger partial charge in [0.05, 0.1) is 19.1 Å². The van der Waals surface area contributed by atoms with E-state index in [-0.39, 0.29) is 30.7 Å². The van der Waals surface area contributed by atoms with Gasteiger partial charge in [-0.15, -0.1) is 0 Å². The van der Waals surface area contributed by atoms with Crippen LogP contribution in [0.4, 0.5) is 4.39 Å². The third kappa shape index (κ3) is 4.84. The topological polar surface area (TPSA) is 38.3 Å². The Kier molecular flexibility index (Phi) is 5.95. The summed E-state index contributed by atoms with van der Waals surface area (Å²) < 4.78 is 19.6. The van der Waals surface area contributed by atoms with E-state index in [4.69, 9.17) is 4.74 Å². The molecule has 5 heteroatoms. The van der Waals surface area contributed by atoms with Gasteiger partial charge in [0.25, 0.3) is 0 Å². The van der Waals surface area contributed by atoms with Crippen LogP contribution in [-0.2, 0) is 4.79 Å². The van der Waals surface area contributed by atoms with Crippen molar-refractivity contribution in [3.63, 3.8) is 0 Å². The Balaban J connectivity index is 1.79. The molecule has 0 aliphatic heterocycles. The van der Waals surface area contributed by atoms with Crippen LogP contribution in [0.15, 0.2) is 53.0 Å².